The minimum absolute atomic E-state index is 0.168. The Kier molecular flexibility index (Phi) is 4.38. The van der Waals surface area contributed by atoms with Crippen LogP contribution in [0.3, 0.4) is 0 Å². The van der Waals surface area contributed by atoms with Gasteiger partial charge in [-0.15, -0.1) is 0 Å². The molecule has 0 fully saturated rings. The van der Waals surface area contributed by atoms with Gasteiger partial charge in [0.15, 0.2) is 0 Å². The van der Waals surface area contributed by atoms with E-state index in [0.717, 1.165) is 16.7 Å². The Morgan fingerprint density at radius 2 is 1.76 bits per heavy atom. The van der Waals surface area contributed by atoms with Gasteiger partial charge in [-0.25, -0.2) is 4.79 Å². The molecule has 1 amide bonds. The van der Waals surface area contributed by atoms with Crippen molar-refractivity contribution in [2.24, 2.45) is 0 Å². The van der Waals surface area contributed by atoms with Crippen LogP contribution in [0, 0.1) is 13.8 Å². The zero-order valence-electron chi connectivity index (χ0n) is 12.0. The maximum absolute atomic E-state index is 12.1. The van der Waals surface area contributed by atoms with Crippen molar-refractivity contribution in [2.75, 3.05) is 0 Å². The van der Waals surface area contributed by atoms with Gasteiger partial charge >= 0.3 is 5.97 Å². The number of rotatable bonds is 4. The molecule has 0 aromatic heterocycles. The van der Waals surface area contributed by atoms with Gasteiger partial charge in [0, 0.05) is 12.1 Å². The molecule has 4 nitrogen and oxygen atoms in total. The molecule has 21 heavy (non-hydrogen) atoms. The highest BCUT2D eigenvalue weighted by Gasteiger charge is 2.07. The van der Waals surface area contributed by atoms with E-state index in [1.165, 1.54) is 6.07 Å². The molecule has 0 spiro atoms. The molecule has 2 aromatic rings. The Morgan fingerprint density at radius 3 is 2.43 bits per heavy atom. The number of hydrogen-bond acceptors (Lipinski definition) is 2. The molecular weight excluding hydrogens is 266 g/mol. The van der Waals surface area contributed by atoms with E-state index in [2.05, 4.69) is 5.32 Å². The van der Waals surface area contributed by atoms with Gasteiger partial charge in [0.25, 0.3) is 5.91 Å². The van der Waals surface area contributed by atoms with Gasteiger partial charge < -0.3 is 10.4 Å². The van der Waals surface area contributed by atoms with Crippen LogP contribution in [0.4, 0.5) is 0 Å². The van der Waals surface area contributed by atoms with Crippen molar-refractivity contribution in [3.63, 3.8) is 0 Å². The van der Waals surface area contributed by atoms with Crippen LogP contribution in [0.2, 0.25) is 0 Å². The number of aromatic carboxylic acids is 1. The summed E-state index contributed by atoms with van der Waals surface area (Å²) >= 11 is 0. The van der Waals surface area contributed by atoms with E-state index in [1.54, 1.807) is 24.3 Å². The second-order valence-corrected chi connectivity index (χ2v) is 4.99. The van der Waals surface area contributed by atoms with Crippen LogP contribution >= 0.6 is 0 Å². The number of amides is 1. The van der Waals surface area contributed by atoms with Crippen LogP contribution in [0.25, 0.3) is 0 Å². The molecule has 0 atom stereocenters. The molecule has 0 bridgehead atoms. The molecular formula is C17H17NO3. The van der Waals surface area contributed by atoms with Crippen molar-refractivity contribution in [3.05, 3.63) is 70.3 Å². The van der Waals surface area contributed by atoms with Gasteiger partial charge in [0.05, 0.1) is 5.56 Å². The minimum Gasteiger partial charge on any atom is -0.478 e. The van der Waals surface area contributed by atoms with Crippen molar-refractivity contribution in [1.29, 1.82) is 0 Å². The number of nitrogens with one attached hydrogen (secondary N) is 1. The third-order valence-electron chi connectivity index (χ3n) is 3.40. The molecule has 2 N–H and O–H groups in total. The summed E-state index contributed by atoms with van der Waals surface area (Å²) in [6.45, 7) is 4.25. The molecule has 0 aliphatic heterocycles. The van der Waals surface area contributed by atoms with Gasteiger partial charge in [-0.2, -0.15) is 0 Å². The van der Waals surface area contributed by atoms with Crippen LogP contribution in [0.5, 0.6) is 0 Å². The zero-order chi connectivity index (χ0) is 15.4. The standard InChI is InChI=1S/C17H17NO3/c1-11-6-7-14(8-12(11)2)16(19)18-10-13-4-3-5-15(9-13)17(20)21/h3-9H,10H2,1-2H3,(H,18,19)(H,20,21). The van der Waals surface area contributed by atoms with Gasteiger partial charge in [-0.05, 0) is 54.8 Å². The predicted molar refractivity (Wildman–Crippen MR) is 80.5 cm³/mol. The fourth-order valence-corrected chi connectivity index (χ4v) is 1.98. The average molecular weight is 283 g/mol. The molecule has 0 saturated heterocycles. The highest BCUT2D eigenvalue weighted by molar-refractivity contribution is 5.94. The Bertz CT molecular complexity index is 692. The van der Waals surface area contributed by atoms with E-state index in [4.69, 9.17) is 5.11 Å². The largest absolute Gasteiger partial charge is 0.478 e. The summed E-state index contributed by atoms with van der Waals surface area (Å²) < 4.78 is 0. The lowest BCUT2D eigenvalue weighted by Gasteiger charge is -2.08. The molecule has 0 saturated carbocycles. The van der Waals surface area contributed by atoms with Gasteiger partial charge in [0.1, 0.15) is 0 Å². The molecule has 0 radical (unpaired) electrons. The van der Waals surface area contributed by atoms with Gasteiger partial charge in [0.2, 0.25) is 0 Å². The van der Waals surface area contributed by atoms with Crippen LogP contribution in [0.15, 0.2) is 42.5 Å². The Balaban J connectivity index is 2.05. The van der Waals surface area contributed by atoms with Crippen molar-refractivity contribution in [1.82, 2.24) is 5.32 Å². The van der Waals surface area contributed by atoms with Crippen LogP contribution in [-0.4, -0.2) is 17.0 Å². The van der Waals surface area contributed by atoms with E-state index < -0.39 is 5.97 Å². The van der Waals surface area contributed by atoms with Crippen LogP contribution < -0.4 is 5.32 Å². The minimum atomic E-state index is -0.975. The van der Waals surface area contributed by atoms with E-state index in [-0.39, 0.29) is 11.5 Å². The lowest BCUT2D eigenvalue weighted by Crippen LogP contribution is -2.23. The molecule has 108 valence electrons. The predicted octanol–water partition coefficient (Wildman–Crippen LogP) is 2.93. The number of benzene rings is 2. The summed E-state index contributed by atoms with van der Waals surface area (Å²) in [5.74, 6) is -1.14. The summed E-state index contributed by atoms with van der Waals surface area (Å²) in [5.41, 5.74) is 3.78. The maximum Gasteiger partial charge on any atom is 0.335 e. The lowest BCUT2D eigenvalue weighted by molar-refractivity contribution is 0.0696. The number of aryl methyl sites for hydroxylation is 2. The monoisotopic (exact) mass is 283 g/mol. The van der Waals surface area contributed by atoms with Crippen molar-refractivity contribution in [2.45, 2.75) is 20.4 Å². The number of hydrogen-bond donors (Lipinski definition) is 2. The summed E-state index contributed by atoms with van der Waals surface area (Å²) in [4.78, 5) is 23.0. The summed E-state index contributed by atoms with van der Waals surface area (Å²) in [6, 6.07) is 12.1. The molecule has 0 aliphatic carbocycles. The van der Waals surface area contributed by atoms with Crippen molar-refractivity contribution in [3.8, 4) is 0 Å². The Labute approximate surface area is 123 Å². The van der Waals surface area contributed by atoms with Gasteiger partial charge in [-0.3, -0.25) is 4.79 Å². The second kappa shape index (κ2) is 6.22. The lowest BCUT2D eigenvalue weighted by atomic mass is 10.1. The summed E-state index contributed by atoms with van der Waals surface area (Å²) in [5, 5.41) is 11.7. The maximum atomic E-state index is 12.1. The van der Waals surface area contributed by atoms with Crippen molar-refractivity contribution < 1.29 is 14.7 Å². The van der Waals surface area contributed by atoms with Crippen molar-refractivity contribution >= 4 is 11.9 Å². The van der Waals surface area contributed by atoms with E-state index in [9.17, 15) is 9.59 Å². The van der Waals surface area contributed by atoms with E-state index in [0.29, 0.717) is 12.1 Å². The molecule has 2 aromatic carbocycles. The third kappa shape index (κ3) is 3.69. The first-order chi connectivity index (χ1) is 9.97. The first kappa shape index (κ1) is 14.8. The van der Waals surface area contributed by atoms with E-state index >= 15 is 0 Å². The fourth-order valence-electron chi connectivity index (χ4n) is 1.98. The molecule has 0 unspecified atom stereocenters. The quantitative estimate of drug-likeness (QED) is 0.906. The van der Waals surface area contributed by atoms with Crippen LogP contribution in [0.1, 0.15) is 37.4 Å². The fraction of sp³-hybridized carbons (Fsp3) is 0.176. The zero-order valence-corrected chi connectivity index (χ0v) is 12.0. The SMILES string of the molecule is Cc1ccc(C(=O)NCc2cccc(C(=O)O)c2)cc1C. The van der Waals surface area contributed by atoms with Gasteiger partial charge in [-0.1, -0.05) is 18.2 Å². The first-order valence-corrected chi connectivity index (χ1v) is 6.65. The third-order valence-corrected chi connectivity index (χ3v) is 3.40. The average Bonchev–Trinajstić information content (AvgIpc) is 2.48. The van der Waals surface area contributed by atoms with E-state index in [1.807, 2.05) is 26.0 Å². The molecule has 0 aliphatic rings. The number of carboxylic acid groups (broad SMARTS) is 1. The molecule has 4 heteroatoms. The molecule has 2 rings (SSSR count). The normalized spacial score (nSPS) is 10.2. The Hall–Kier alpha value is -2.62. The number of carbonyl (C=O) groups is 2. The van der Waals surface area contributed by atoms with Crippen LogP contribution in [-0.2, 0) is 6.54 Å². The number of carbonyl (C=O) groups excluding carboxylic acids is 1. The second-order valence-electron chi connectivity index (χ2n) is 4.99. The summed E-state index contributed by atoms with van der Waals surface area (Å²) in [7, 11) is 0. The topological polar surface area (TPSA) is 66.4 Å². The summed E-state index contributed by atoms with van der Waals surface area (Å²) in [6.07, 6.45) is 0. The smallest absolute Gasteiger partial charge is 0.335 e. The first-order valence-electron chi connectivity index (χ1n) is 6.65. The molecule has 0 heterocycles. The highest BCUT2D eigenvalue weighted by atomic mass is 16.4. The number of carboxylic acids is 1. The highest BCUT2D eigenvalue weighted by Crippen LogP contribution is 2.10. The Morgan fingerprint density at radius 1 is 1.00 bits per heavy atom.